The highest BCUT2D eigenvalue weighted by atomic mass is 16.5. The summed E-state index contributed by atoms with van der Waals surface area (Å²) in [5.41, 5.74) is 0. The first-order valence-electron chi connectivity index (χ1n) is 7.44. The van der Waals surface area contributed by atoms with E-state index in [-0.39, 0.29) is 6.10 Å². The predicted octanol–water partition coefficient (Wildman–Crippen LogP) is 2.52. The number of amides is 1. The Hall–Kier alpha value is -1.06. The number of esters is 1. The summed E-state index contributed by atoms with van der Waals surface area (Å²) < 4.78 is 5.44. The molecule has 1 amide bonds. The second-order valence-electron chi connectivity index (χ2n) is 6.03. The molecule has 3 atom stereocenters. The average Bonchev–Trinajstić information content (AvgIpc) is 2.35. The Morgan fingerprint density at radius 2 is 2.00 bits per heavy atom. The van der Waals surface area contributed by atoms with Crippen molar-refractivity contribution in [3.8, 4) is 0 Å². The lowest BCUT2D eigenvalue weighted by atomic mass is 9.75. The van der Waals surface area contributed by atoms with E-state index in [2.05, 4.69) is 26.1 Å². The van der Waals surface area contributed by atoms with Gasteiger partial charge in [-0.25, -0.2) is 4.79 Å². The van der Waals surface area contributed by atoms with Gasteiger partial charge in [0.1, 0.15) is 6.10 Å². The zero-order valence-electron chi connectivity index (χ0n) is 12.6. The molecule has 1 aliphatic carbocycles. The molecule has 0 bridgehead atoms. The average molecular weight is 269 g/mol. The fourth-order valence-electron chi connectivity index (χ4n) is 2.75. The lowest BCUT2D eigenvalue weighted by Gasteiger charge is -2.36. The Morgan fingerprint density at radius 1 is 1.32 bits per heavy atom. The Labute approximate surface area is 116 Å². The molecule has 0 heterocycles. The summed E-state index contributed by atoms with van der Waals surface area (Å²) in [7, 11) is 0. The molecule has 0 saturated heterocycles. The van der Waals surface area contributed by atoms with E-state index in [0.717, 1.165) is 19.3 Å². The molecule has 1 N–H and O–H groups in total. The zero-order valence-corrected chi connectivity index (χ0v) is 12.6. The number of carbonyl (C=O) groups is 2. The van der Waals surface area contributed by atoms with Crippen molar-refractivity contribution in [1.29, 1.82) is 0 Å². The van der Waals surface area contributed by atoms with Crippen LogP contribution in [-0.4, -0.2) is 24.5 Å². The molecule has 19 heavy (non-hydrogen) atoms. The van der Waals surface area contributed by atoms with Gasteiger partial charge < -0.3 is 10.1 Å². The summed E-state index contributed by atoms with van der Waals surface area (Å²) in [4.78, 5) is 23.3. The number of nitrogens with one attached hydrogen (secondary N) is 1. The first kappa shape index (κ1) is 16.0. The van der Waals surface area contributed by atoms with Crippen LogP contribution in [0.3, 0.4) is 0 Å². The maximum absolute atomic E-state index is 11.8. The molecule has 0 aromatic rings. The standard InChI is InChI=1S/C15H27NO3/c1-5-8-16-14(17)15(18)19-13-9-11(4)6-7-12(13)10(2)3/h10-13H,5-9H2,1-4H3,(H,16,17). The molecule has 4 heteroatoms. The third kappa shape index (κ3) is 4.84. The fourth-order valence-corrected chi connectivity index (χ4v) is 2.75. The Morgan fingerprint density at radius 3 is 2.58 bits per heavy atom. The van der Waals surface area contributed by atoms with Gasteiger partial charge in [0, 0.05) is 6.54 Å². The molecule has 1 saturated carbocycles. The van der Waals surface area contributed by atoms with Crippen molar-refractivity contribution in [2.45, 2.75) is 59.5 Å². The monoisotopic (exact) mass is 269 g/mol. The van der Waals surface area contributed by atoms with Crippen LogP contribution in [0.2, 0.25) is 0 Å². The van der Waals surface area contributed by atoms with E-state index in [1.165, 1.54) is 6.42 Å². The highest BCUT2D eigenvalue weighted by Gasteiger charge is 2.34. The van der Waals surface area contributed by atoms with Gasteiger partial charge in [-0.05, 0) is 37.0 Å². The number of carbonyl (C=O) groups excluding carboxylic acids is 2. The number of hydrogen-bond donors (Lipinski definition) is 1. The van der Waals surface area contributed by atoms with Crippen LogP contribution in [0, 0.1) is 17.8 Å². The van der Waals surface area contributed by atoms with Gasteiger partial charge in [-0.2, -0.15) is 0 Å². The minimum absolute atomic E-state index is 0.108. The van der Waals surface area contributed by atoms with Crippen molar-refractivity contribution >= 4 is 11.9 Å². The quantitative estimate of drug-likeness (QED) is 0.630. The van der Waals surface area contributed by atoms with Gasteiger partial charge >= 0.3 is 11.9 Å². The van der Waals surface area contributed by atoms with Crippen LogP contribution in [0.25, 0.3) is 0 Å². The molecule has 0 radical (unpaired) electrons. The summed E-state index contributed by atoms with van der Waals surface area (Å²) in [5.74, 6) is 0.0791. The van der Waals surface area contributed by atoms with Crippen LogP contribution >= 0.6 is 0 Å². The van der Waals surface area contributed by atoms with E-state index in [9.17, 15) is 9.59 Å². The zero-order chi connectivity index (χ0) is 14.4. The molecular formula is C15H27NO3. The van der Waals surface area contributed by atoms with Crippen LogP contribution in [0.4, 0.5) is 0 Å². The van der Waals surface area contributed by atoms with Crippen molar-refractivity contribution in [1.82, 2.24) is 5.32 Å². The lowest BCUT2D eigenvalue weighted by molar-refractivity contribution is -0.164. The first-order valence-corrected chi connectivity index (χ1v) is 7.44. The Bertz CT molecular complexity index is 315. The van der Waals surface area contributed by atoms with Crippen molar-refractivity contribution in [3.05, 3.63) is 0 Å². The summed E-state index contributed by atoms with van der Waals surface area (Å²) in [5, 5.41) is 2.56. The van der Waals surface area contributed by atoms with Crippen LogP contribution in [0.1, 0.15) is 53.4 Å². The molecule has 0 aromatic heterocycles. The van der Waals surface area contributed by atoms with E-state index in [1.54, 1.807) is 0 Å². The minimum Gasteiger partial charge on any atom is -0.455 e. The maximum atomic E-state index is 11.8. The van der Waals surface area contributed by atoms with E-state index in [4.69, 9.17) is 4.74 Å². The largest absolute Gasteiger partial charge is 0.455 e. The molecule has 3 unspecified atom stereocenters. The molecule has 4 nitrogen and oxygen atoms in total. The van der Waals surface area contributed by atoms with Gasteiger partial charge in [0.15, 0.2) is 0 Å². The Balaban J connectivity index is 2.55. The highest BCUT2D eigenvalue weighted by molar-refractivity contribution is 6.32. The van der Waals surface area contributed by atoms with Gasteiger partial charge in [-0.3, -0.25) is 4.79 Å². The van der Waals surface area contributed by atoms with E-state index < -0.39 is 11.9 Å². The topological polar surface area (TPSA) is 55.4 Å². The Kier molecular flexibility index (Phi) is 6.32. The maximum Gasteiger partial charge on any atom is 0.397 e. The molecule has 1 rings (SSSR count). The second-order valence-corrected chi connectivity index (χ2v) is 6.03. The van der Waals surface area contributed by atoms with Crippen LogP contribution < -0.4 is 5.32 Å². The van der Waals surface area contributed by atoms with Crippen molar-refractivity contribution in [2.24, 2.45) is 17.8 Å². The van der Waals surface area contributed by atoms with Gasteiger partial charge in [-0.15, -0.1) is 0 Å². The molecular weight excluding hydrogens is 242 g/mol. The molecule has 0 aromatic carbocycles. The summed E-state index contributed by atoms with van der Waals surface area (Å²) >= 11 is 0. The first-order chi connectivity index (χ1) is 8.95. The molecule has 110 valence electrons. The van der Waals surface area contributed by atoms with Crippen molar-refractivity contribution in [2.75, 3.05) is 6.54 Å². The minimum atomic E-state index is -0.724. The van der Waals surface area contributed by atoms with E-state index in [1.807, 2.05) is 6.92 Å². The number of hydrogen-bond acceptors (Lipinski definition) is 3. The van der Waals surface area contributed by atoms with Crippen molar-refractivity contribution in [3.63, 3.8) is 0 Å². The summed E-state index contributed by atoms with van der Waals surface area (Å²) in [6.07, 6.45) is 3.83. The van der Waals surface area contributed by atoms with Crippen LogP contribution in [-0.2, 0) is 14.3 Å². The third-order valence-corrected chi connectivity index (χ3v) is 3.94. The van der Waals surface area contributed by atoms with Gasteiger partial charge in [0.25, 0.3) is 0 Å². The van der Waals surface area contributed by atoms with Crippen LogP contribution in [0.15, 0.2) is 0 Å². The SMILES string of the molecule is CCCNC(=O)C(=O)OC1CC(C)CCC1C(C)C. The predicted molar refractivity (Wildman–Crippen MR) is 74.5 cm³/mol. The van der Waals surface area contributed by atoms with Crippen molar-refractivity contribution < 1.29 is 14.3 Å². The number of ether oxygens (including phenoxy) is 1. The smallest absolute Gasteiger partial charge is 0.397 e. The molecule has 0 aliphatic heterocycles. The normalized spacial score (nSPS) is 27.1. The highest BCUT2D eigenvalue weighted by Crippen LogP contribution is 2.35. The van der Waals surface area contributed by atoms with E-state index in [0.29, 0.717) is 24.3 Å². The molecule has 1 fully saturated rings. The summed E-state index contributed by atoms with van der Waals surface area (Å²) in [6, 6.07) is 0. The lowest BCUT2D eigenvalue weighted by Crippen LogP contribution is -2.40. The van der Waals surface area contributed by atoms with E-state index >= 15 is 0 Å². The van der Waals surface area contributed by atoms with Gasteiger partial charge in [-0.1, -0.05) is 34.1 Å². The van der Waals surface area contributed by atoms with Crippen LogP contribution in [0.5, 0.6) is 0 Å². The fraction of sp³-hybridized carbons (Fsp3) is 0.867. The molecule has 0 spiro atoms. The number of rotatable bonds is 4. The van der Waals surface area contributed by atoms with Gasteiger partial charge in [0.05, 0.1) is 0 Å². The third-order valence-electron chi connectivity index (χ3n) is 3.94. The molecule has 1 aliphatic rings. The second kappa shape index (κ2) is 7.51. The summed E-state index contributed by atoms with van der Waals surface area (Å²) in [6.45, 7) is 8.94. The van der Waals surface area contributed by atoms with Gasteiger partial charge in [0.2, 0.25) is 0 Å².